The van der Waals surface area contributed by atoms with Gasteiger partial charge in [0.05, 0.1) is 34.6 Å². The maximum atomic E-state index is 12.0. The van der Waals surface area contributed by atoms with Crippen LogP contribution in [-0.4, -0.2) is 65.1 Å². The van der Waals surface area contributed by atoms with Crippen LogP contribution in [0.3, 0.4) is 0 Å². The van der Waals surface area contributed by atoms with Gasteiger partial charge in [-0.15, -0.1) is 0 Å². The number of nitrogens with one attached hydrogen (secondary N) is 2. The van der Waals surface area contributed by atoms with E-state index >= 15 is 0 Å². The van der Waals surface area contributed by atoms with Crippen molar-refractivity contribution in [1.82, 2.24) is 19.9 Å². The first-order valence-electron chi connectivity index (χ1n) is 11.5. The lowest BCUT2D eigenvalue weighted by atomic mass is 10.1. The van der Waals surface area contributed by atoms with Gasteiger partial charge in [-0.3, -0.25) is 10.1 Å². The minimum Gasteiger partial charge on any atom is -0.494 e. The lowest BCUT2D eigenvalue weighted by Gasteiger charge is -2.22. The van der Waals surface area contributed by atoms with Gasteiger partial charge in [0.2, 0.25) is 5.95 Å². The molecule has 0 bridgehead atoms. The number of nitrogens with zero attached hydrogens (tertiary/aromatic N) is 5. The predicted molar refractivity (Wildman–Crippen MR) is 142 cm³/mol. The number of aromatic nitrogens is 3. The number of H-pyrrole nitrogens is 1. The quantitative estimate of drug-likeness (QED) is 0.263. The molecule has 3 heterocycles. The van der Waals surface area contributed by atoms with Gasteiger partial charge in [-0.25, -0.2) is 9.97 Å². The number of aromatic amines is 1. The summed E-state index contributed by atoms with van der Waals surface area (Å²) in [5.74, 6) is 0.699. The second kappa shape index (κ2) is 9.63. The number of ether oxygens (including phenoxy) is 1. The highest BCUT2D eigenvalue weighted by Gasteiger charge is 2.30. The molecule has 0 amide bonds. The second-order valence-electron chi connectivity index (χ2n) is 8.91. The van der Waals surface area contributed by atoms with Crippen molar-refractivity contribution in [2.45, 2.75) is 12.5 Å². The zero-order valence-corrected chi connectivity index (χ0v) is 20.9. The third kappa shape index (κ3) is 4.40. The molecule has 1 fully saturated rings. The topological polar surface area (TPSA) is 112 Å². The maximum absolute atomic E-state index is 12.0. The third-order valence-corrected chi connectivity index (χ3v) is 6.84. The Morgan fingerprint density at radius 2 is 2.11 bits per heavy atom. The SMILES string of the molecule is COc1cc(N2CC[C@@H](N(C)C)C2)c([N+](=O)[O-])cc1Nc1ncc(Cl)c(-c2c[nH]c3ccccc23)n1. The number of likely N-dealkylation sites (N-methyl/N-ethyl adjacent to an activating group) is 1. The van der Waals surface area contributed by atoms with Gasteiger partial charge in [-0.2, -0.15) is 0 Å². The van der Waals surface area contributed by atoms with Crippen LogP contribution in [0.25, 0.3) is 22.2 Å². The van der Waals surface area contributed by atoms with Crippen molar-refractivity contribution < 1.29 is 9.66 Å². The van der Waals surface area contributed by atoms with E-state index in [2.05, 4.69) is 25.2 Å². The van der Waals surface area contributed by atoms with Crippen LogP contribution in [0.1, 0.15) is 6.42 Å². The van der Waals surface area contributed by atoms with Gasteiger partial charge in [-0.05, 0) is 26.6 Å². The summed E-state index contributed by atoms with van der Waals surface area (Å²) in [5, 5.41) is 16.5. The minimum atomic E-state index is -0.372. The molecular formula is C25H26ClN7O3. The van der Waals surface area contributed by atoms with E-state index in [1.54, 1.807) is 6.07 Å². The van der Waals surface area contributed by atoms with E-state index in [9.17, 15) is 10.1 Å². The Morgan fingerprint density at radius 3 is 2.83 bits per heavy atom. The Labute approximate surface area is 213 Å². The number of methoxy groups -OCH3 is 1. The number of nitro groups is 1. The Morgan fingerprint density at radius 1 is 1.31 bits per heavy atom. The van der Waals surface area contributed by atoms with Gasteiger partial charge < -0.3 is 24.8 Å². The molecule has 0 aliphatic carbocycles. The molecule has 11 heteroatoms. The van der Waals surface area contributed by atoms with Crippen molar-refractivity contribution in [3.63, 3.8) is 0 Å². The molecule has 186 valence electrons. The summed E-state index contributed by atoms with van der Waals surface area (Å²) in [4.78, 5) is 28.0. The molecule has 0 radical (unpaired) electrons. The molecule has 2 aromatic heterocycles. The van der Waals surface area contributed by atoms with Gasteiger partial charge >= 0.3 is 0 Å². The van der Waals surface area contributed by atoms with E-state index in [0.29, 0.717) is 40.4 Å². The number of nitro benzene ring substituents is 1. The highest BCUT2D eigenvalue weighted by molar-refractivity contribution is 6.33. The molecule has 5 rings (SSSR count). The summed E-state index contributed by atoms with van der Waals surface area (Å²) >= 11 is 6.45. The van der Waals surface area contributed by atoms with Crippen molar-refractivity contribution in [3.05, 3.63) is 63.9 Å². The summed E-state index contributed by atoms with van der Waals surface area (Å²) in [6, 6.07) is 11.4. The standard InChI is InChI=1S/C25H26ClN7O3/c1-31(2)15-8-9-32(14-15)21-11-23(36-3)20(10-22(21)33(34)35)29-25-28-13-18(26)24(30-25)17-12-27-19-7-5-4-6-16(17)19/h4-7,10-13,15,27H,8-9,14H2,1-3H3,(H,28,29,30)/t15-/m1/s1. The number of para-hydroxylation sites is 1. The molecule has 1 aliphatic heterocycles. The predicted octanol–water partition coefficient (Wildman–Crippen LogP) is 5.08. The molecule has 10 nitrogen and oxygen atoms in total. The Balaban J connectivity index is 1.51. The summed E-state index contributed by atoms with van der Waals surface area (Å²) < 4.78 is 5.60. The molecule has 0 unspecified atom stereocenters. The number of fused-ring (bicyclic) bond motifs is 1. The second-order valence-corrected chi connectivity index (χ2v) is 9.32. The van der Waals surface area contributed by atoms with E-state index in [4.69, 9.17) is 16.3 Å². The average Bonchev–Trinajstić information content (AvgIpc) is 3.53. The molecule has 1 atom stereocenters. The van der Waals surface area contributed by atoms with Crippen molar-refractivity contribution in [3.8, 4) is 17.0 Å². The first-order chi connectivity index (χ1) is 17.4. The van der Waals surface area contributed by atoms with Crippen LogP contribution in [0, 0.1) is 10.1 Å². The number of anilines is 3. The van der Waals surface area contributed by atoms with Gasteiger partial charge in [0.1, 0.15) is 11.4 Å². The zero-order chi connectivity index (χ0) is 25.4. The first-order valence-corrected chi connectivity index (χ1v) is 11.9. The smallest absolute Gasteiger partial charge is 0.294 e. The van der Waals surface area contributed by atoms with E-state index in [1.165, 1.54) is 19.4 Å². The van der Waals surface area contributed by atoms with Crippen molar-refractivity contribution in [2.75, 3.05) is 44.5 Å². The number of hydrogen-bond donors (Lipinski definition) is 2. The van der Waals surface area contributed by atoms with Crippen LogP contribution in [0.4, 0.5) is 23.0 Å². The van der Waals surface area contributed by atoms with E-state index < -0.39 is 0 Å². The van der Waals surface area contributed by atoms with Crippen LogP contribution in [-0.2, 0) is 0 Å². The Bertz CT molecular complexity index is 1440. The average molecular weight is 508 g/mol. The maximum Gasteiger partial charge on any atom is 0.294 e. The lowest BCUT2D eigenvalue weighted by molar-refractivity contribution is -0.384. The van der Waals surface area contributed by atoms with Crippen LogP contribution < -0.4 is 15.0 Å². The van der Waals surface area contributed by atoms with Crippen molar-refractivity contribution in [1.29, 1.82) is 0 Å². The van der Waals surface area contributed by atoms with E-state index in [-0.39, 0.29) is 16.6 Å². The van der Waals surface area contributed by atoms with Gasteiger partial charge in [0, 0.05) is 53.9 Å². The molecule has 0 spiro atoms. The minimum absolute atomic E-state index is 0.0106. The van der Waals surface area contributed by atoms with Crippen molar-refractivity contribution >= 4 is 45.5 Å². The lowest BCUT2D eigenvalue weighted by Crippen LogP contribution is -2.31. The zero-order valence-electron chi connectivity index (χ0n) is 20.2. The van der Waals surface area contributed by atoms with Gasteiger partial charge in [0.25, 0.3) is 5.69 Å². The van der Waals surface area contributed by atoms with E-state index in [0.717, 1.165) is 29.4 Å². The van der Waals surface area contributed by atoms with E-state index in [1.807, 2.05) is 49.5 Å². The third-order valence-electron chi connectivity index (χ3n) is 6.56. The van der Waals surface area contributed by atoms with Crippen LogP contribution >= 0.6 is 11.6 Å². The van der Waals surface area contributed by atoms with Crippen LogP contribution in [0.15, 0.2) is 48.8 Å². The fourth-order valence-corrected chi connectivity index (χ4v) is 4.80. The van der Waals surface area contributed by atoms with Gasteiger partial charge in [0.15, 0.2) is 0 Å². The number of benzene rings is 2. The molecule has 36 heavy (non-hydrogen) atoms. The molecule has 2 aromatic carbocycles. The fourth-order valence-electron chi connectivity index (χ4n) is 4.61. The molecule has 1 aliphatic rings. The Hall–Kier alpha value is -3.89. The monoisotopic (exact) mass is 507 g/mol. The summed E-state index contributed by atoms with van der Waals surface area (Å²) in [5.41, 5.74) is 3.25. The molecule has 4 aromatic rings. The van der Waals surface area contributed by atoms with Crippen LogP contribution in [0.2, 0.25) is 5.02 Å². The molecule has 2 N–H and O–H groups in total. The largest absolute Gasteiger partial charge is 0.494 e. The normalized spacial score (nSPS) is 15.6. The van der Waals surface area contributed by atoms with Gasteiger partial charge in [-0.1, -0.05) is 29.8 Å². The molecular weight excluding hydrogens is 482 g/mol. The molecule has 0 saturated carbocycles. The highest BCUT2D eigenvalue weighted by Crippen LogP contribution is 2.41. The summed E-state index contributed by atoms with van der Waals surface area (Å²) in [7, 11) is 5.57. The first kappa shape index (κ1) is 23.8. The number of rotatable bonds is 7. The highest BCUT2D eigenvalue weighted by atomic mass is 35.5. The number of halogens is 1. The van der Waals surface area contributed by atoms with Crippen molar-refractivity contribution in [2.24, 2.45) is 0 Å². The number of hydrogen-bond acceptors (Lipinski definition) is 8. The Kier molecular flexibility index (Phi) is 6.38. The summed E-state index contributed by atoms with van der Waals surface area (Å²) in [6.45, 7) is 1.44. The molecule has 1 saturated heterocycles. The van der Waals surface area contributed by atoms with Crippen LogP contribution in [0.5, 0.6) is 5.75 Å². The fraction of sp³-hybridized carbons (Fsp3) is 0.280. The summed E-state index contributed by atoms with van der Waals surface area (Å²) in [6.07, 6.45) is 4.29.